The van der Waals surface area contributed by atoms with Gasteiger partial charge in [0.05, 0.1) is 0 Å². The number of ketones is 1. The Morgan fingerprint density at radius 1 is 1.10 bits per heavy atom. The summed E-state index contributed by atoms with van der Waals surface area (Å²) in [5.74, 6) is -1.20. The van der Waals surface area contributed by atoms with Crippen LogP contribution in [0.15, 0.2) is 42.5 Å². The van der Waals surface area contributed by atoms with Gasteiger partial charge in [-0.15, -0.1) is 0 Å². The molecule has 0 atom stereocenters. The van der Waals surface area contributed by atoms with E-state index in [0.29, 0.717) is 17.1 Å². The Balaban J connectivity index is 1.83. The van der Waals surface area contributed by atoms with Gasteiger partial charge in [-0.3, -0.25) is 4.79 Å². The second-order valence-electron chi connectivity index (χ2n) is 4.41. The molecule has 1 aliphatic heterocycles. The first-order valence-electron chi connectivity index (χ1n) is 6.21. The second kappa shape index (κ2) is 5.36. The largest absolute Gasteiger partial charge is 0.454 e. The van der Waals surface area contributed by atoms with Crippen LogP contribution < -0.4 is 9.47 Å². The Bertz CT molecular complexity index is 738. The van der Waals surface area contributed by atoms with Crippen LogP contribution in [0.25, 0.3) is 6.08 Å². The Hall–Kier alpha value is -2.69. The number of carbonyl (C=O) groups is 1. The molecule has 0 aromatic heterocycles. The summed E-state index contributed by atoms with van der Waals surface area (Å²) in [6, 6.07) is 8.56. The molecule has 0 spiro atoms. The van der Waals surface area contributed by atoms with E-state index >= 15 is 0 Å². The lowest BCUT2D eigenvalue weighted by atomic mass is 10.1. The lowest BCUT2D eigenvalue weighted by Crippen LogP contribution is -1.95. The predicted molar refractivity (Wildman–Crippen MR) is 72.3 cm³/mol. The maximum Gasteiger partial charge on any atom is 0.231 e. The molecule has 2 aromatic rings. The fraction of sp³-hybridized carbons (Fsp3) is 0.0625. The van der Waals surface area contributed by atoms with Crippen molar-refractivity contribution in [1.29, 1.82) is 0 Å². The SMILES string of the molecule is O=C(/C=C/c1cccc(F)c1F)c1ccc2c(c1)OCO2. The summed E-state index contributed by atoms with van der Waals surface area (Å²) in [6.07, 6.45) is 2.43. The highest BCUT2D eigenvalue weighted by Gasteiger charge is 2.15. The van der Waals surface area contributed by atoms with Crippen LogP contribution in [0, 0.1) is 11.6 Å². The zero-order valence-corrected chi connectivity index (χ0v) is 10.8. The average molecular weight is 288 g/mol. The number of rotatable bonds is 3. The van der Waals surface area contributed by atoms with Crippen LogP contribution in [0.2, 0.25) is 0 Å². The summed E-state index contributed by atoms with van der Waals surface area (Å²) in [5, 5.41) is 0. The fourth-order valence-corrected chi connectivity index (χ4v) is 1.96. The maximum atomic E-state index is 13.5. The summed E-state index contributed by atoms with van der Waals surface area (Å²) >= 11 is 0. The van der Waals surface area contributed by atoms with Gasteiger partial charge in [0.15, 0.2) is 28.9 Å². The summed E-state index contributed by atoms with van der Waals surface area (Å²) < 4.78 is 36.8. The van der Waals surface area contributed by atoms with Crippen LogP contribution >= 0.6 is 0 Å². The number of carbonyl (C=O) groups excluding carboxylic acids is 1. The number of hydrogen-bond acceptors (Lipinski definition) is 3. The van der Waals surface area contributed by atoms with Crippen molar-refractivity contribution < 1.29 is 23.0 Å². The molecule has 3 nitrogen and oxygen atoms in total. The van der Waals surface area contributed by atoms with E-state index in [-0.39, 0.29) is 18.1 Å². The predicted octanol–water partition coefficient (Wildman–Crippen LogP) is 3.59. The zero-order chi connectivity index (χ0) is 14.8. The van der Waals surface area contributed by atoms with Crippen molar-refractivity contribution in [2.24, 2.45) is 0 Å². The maximum absolute atomic E-state index is 13.5. The van der Waals surface area contributed by atoms with Crippen LogP contribution in [-0.4, -0.2) is 12.6 Å². The number of allylic oxidation sites excluding steroid dienone is 1. The third kappa shape index (κ3) is 2.63. The molecule has 0 radical (unpaired) electrons. The van der Waals surface area contributed by atoms with Gasteiger partial charge in [-0.2, -0.15) is 0 Å². The summed E-state index contributed by atoms with van der Waals surface area (Å²) in [4.78, 5) is 12.0. The Kier molecular flexibility index (Phi) is 3.39. The van der Waals surface area contributed by atoms with Crippen LogP contribution in [0.4, 0.5) is 8.78 Å². The minimum absolute atomic E-state index is 0.0177. The molecule has 0 unspecified atom stereocenters. The first kappa shape index (κ1) is 13.3. The molecule has 106 valence electrons. The second-order valence-corrected chi connectivity index (χ2v) is 4.41. The van der Waals surface area contributed by atoms with E-state index in [2.05, 4.69) is 0 Å². The lowest BCUT2D eigenvalue weighted by Gasteiger charge is -2.00. The fourth-order valence-electron chi connectivity index (χ4n) is 1.96. The molecule has 21 heavy (non-hydrogen) atoms. The quantitative estimate of drug-likeness (QED) is 0.639. The van der Waals surface area contributed by atoms with E-state index in [1.807, 2.05) is 0 Å². The molecule has 0 aliphatic carbocycles. The van der Waals surface area contributed by atoms with E-state index in [9.17, 15) is 13.6 Å². The molecule has 0 saturated heterocycles. The zero-order valence-electron chi connectivity index (χ0n) is 10.8. The molecule has 0 fully saturated rings. The third-order valence-electron chi connectivity index (χ3n) is 3.05. The van der Waals surface area contributed by atoms with Crippen molar-refractivity contribution in [3.63, 3.8) is 0 Å². The number of ether oxygens (including phenoxy) is 2. The van der Waals surface area contributed by atoms with Gasteiger partial charge in [0.25, 0.3) is 0 Å². The van der Waals surface area contributed by atoms with E-state index in [1.165, 1.54) is 24.3 Å². The van der Waals surface area contributed by atoms with Gasteiger partial charge in [0.1, 0.15) is 0 Å². The molecule has 1 heterocycles. The molecule has 0 N–H and O–H groups in total. The topological polar surface area (TPSA) is 35.5 Å². The van der Waals surface area contributed by atoms with E-state index in [4.69, 9.17) is 9.47 Å². The highest BCUT2D eigenvalue weighted by atomic mass is 19.2. The van der Waals surface area contributed by atoms with Crippen LogP contribution in [0.5, 0.6) is 11.5 Å². The van der Waals surface area contributed by atoms with Crippen LogP contribution in [0.1, 0.15) is 15.9 Å². The summed E-state index contributed by atoms with van der Waals surface area (Å²) in [6.45, 7) is 0.122. The molecule has 1 aliphatic rings. The minimum Gasteiger partial charge on any atom is -0.454 e. The number of benzene rings is 2. The first-order chi connectivity index (χ1) is 10.1. The molecule has 0 bridgehead atoms. The number of halogens is 2. The highest BCUT2D eigenvalue weighted by molar-refractivity contribution is 6.07. The van der Waals surface area contributed by atoms with Crippen molar-refractivity contribution in [3.05, 3.63) is 65.2 Å². The minimum atomic E-state index is -0.979. The normalized spacial score (nSPS) is 12.9. The standard InChI is InChI=1S/C16H10F2O3/c17-12-3-1-2-10(16(12)18)4-6-13(19)11-5-7-14-15(8-11)21-9-20-14/h1-8H,9H2/b6-4+. The average Bonchev–Trinajstić information content (AvgIpc) is 2.96. The number of hydrogen-bond donors (Lipinski definition) is 0. The van der Waals surface area contributed by atoms with Gasteiger partial charge < -0.3 is 9.47 Å². The Morgan fingerprint density at radius 3 is 2.76 bits per heavy atom. The first-order valence-corrected chi connectivity index (χ1v) is 6.21. The molecular formula is C16H10F2O3. The molecular weight excluding hydrogens is 278 g/mol. The van der Waals surface area contributed by atoms with Crippen molar-refractivity contribution in [1.82, 2.24) is 0 Å². The van der Waals surface area contributed by atoms with E-state index in [1.54, 1.807) is 18.2 Å². The van der Waals surface area contributed by atoms with Crippen molar-refractivity contribution in [2.45, 2.75) is 0 Å². The van der Waals surface area contributed by atoms with Gasteiger partial charge in [-0.05, 0) is 36.4 Å². The van der Waals surface area contributed by atoms with E-state index < -0.39 is 11.6 Å². The molecule has 3 rings (SSSR count). The molecule has 2 aromatic carbocycles. The molecule has 5 heteroatoms. The Morgan fingerprint density at radius 2 is 1.90 bits per heavy atom. The summed E-state index contributed by atoms with van der Waals surface area (Å²) in [7, 11) is 0. The smallest absolute Gasteiger partial charge is 0.231 e. The Labute approximate surface area is 119 Å². The van der Waals surface area contributed by atoms with Gasteiger partial charge >= 0.3 is 0 Å². The van der Waals surface area contributed by atoms with Gasteiger partial charge in [0.2, 0.25) is 6.79 Å². The molecule has 0 amide bonds. The van der Waals surface area contributed by atoms with Gasteiger partial charge in [0, 0.05) is 11.1 Å². The van der Waals surface area contributed by atoms with Crippen molar-refractivity contribution in [2.75, 3.05) is 6.79 Å². The van der Waals surface area contributed by atoms with Crippen molar-refractivity contribution in [3.8, 4) is 11.5 Å². The van der Waals surface area contributed by atoms with Gasteiger partial charge in [-0.1, -0.05) is 12.1 Å². The highest BCUT2D eigenvalue weighted by Crippen LogP contribution is 2.32. The van der Waals surface area contributed by atoms with Gasteiger partial charge in [-0.25, -0.2) is 8.78 Å². The van der Waals surface area contributed by atoms with Crippen LogP contribution in [0.3, 0.4) is 0 Å². The van der Waals surface area contributed by atoms with Crippen molar-refractivity contribution >= 4 is 11.9 Å². The lowest BCUT2D eigenvalue weighted by molar-refractivity contribution is 0.104. The number of fused-ring (bicyclic) bond motifs is 1. The van der Waals surface area contributed by atoms with E-state index in [0.717, 1.165) is 6.07 Å². The molecule has 0 saturated carbocycles. The van der Waals surface area contributed by atoms with Crippen LogP contribution in [-0.2, 0) is 0 Å². The monoisotopic (exact) mass is 288 g/mol. The third-order valence-corrected chi connectivity index (χ3v) is 3.05. The summed E-state index contributed by atoms with van der Waals surface area (Å²) in [5.41, 5.74) is 0.399.